The van der Waals surface area contributed by atoms with E-state index < -0.39 is 17.2 Å². The molecule has 0 bridgehead atoms. The molecular weight excluding hydrogens is 322 g/mol. The molecule has 0 saturated carbocycles. The summed E-state index contributed by atoms with van der Waals surface area (Å²) in [6, 6.07) is 10.3. The van der Waals surface area contributed by atoms with E-state index in [0.29, 0.717) is 10.5 Å². The molecule has 8 heteroatoms. The van der Waals surface area contributed by atoms with Crippen molar-refractivity contribution in [1.82, 2.24) is 0 Å². The summed E-state index contributed by atoms with van der Waals surface area (Å²) >= 11 is 1.18. The van der Waals surface area contributed by atoms with E-state index in [2.05, 4.69) is 0 Å². The molecule has 0 spiro atoms. The van der Waals surface area contributed by atoms with Crippen molar-refractivity contribution < 1.29 is 30.2 Å². The summed E-state index contributed by atoms with van der Waals surface area (Å²) in [4.78, 5) is 22.6. The van der Waals surface area contributed by atoms with Crippen molar-refractivity contribution in [3.63, 3.8) is 0 Å². The van der Waals surface area contributed by atoms with Gasteiger partial charge >= 0.3 is 11.9 Å². The highest BCUT2D eigenvalue weighted by molar-refractivity contribution is 7.98. The molecule has 0 aromatic heterocycles. The molecule has 0 fully saturated rings. The number of carboxylic acid groups (broad SMARTS) is 2. The van der Waals surface area contributed by atoms with Gasteiger partial charge in [0.15, 0.2) is 5.69 Å². The van der Waals surface area contributed by atoms with Crippen molar-refractivity contribution in [2.24, 2.45) is 0 Å². The van der Waals surface area contributed by atoms with Gasteiger partial charge in [-0.2, -0.15) is 5.23 Å². The third-order valence-corrected chi connectivity index (χ3v) is 4.21. The second-order valence-corrected chi connectivity index (χ2v) is 5.59. The topological polar surface area (TPSA) is 122 Å². The summed E-state index contributed by atoms with van der Waals surface area (Å²) in [6.45, 7) is 0. The Balaban J connectivity index is 2.27. The zero-order chi connectivity index (χ0) is 17.0. The highest BCUT2D eigenvalue weighted by Gasteiger charge is 2.15. The molecule has 23 heavy (non-hydrogen) atoms. The third-order valence-electron chi connectivity index (χ3n) is 3.09. The average Bonchev–Trinajstić information content (AvgIpc) is 2.52. The van der Waals surface area contributed by atoms with Crippen molar-refractivity contribution in [2.45, 2.75) is 10.6 Å². The summed E-state index contributed by atoms with van der Waals surface area (Å²) in [7, 11) is 0. The molecule has 4 N–H and O–H groups in total. The summed E-state index contributed by atoms with van der Waals surface area (Å²) in [6.07, 6.45) is 0. The molecule has 0 aliphatic rings. The molecule has 2 rings (SSSR count). The standard InChI is InChI=1S/C15H13NO6S/c17-14(18)9-5-6-10(12(7-9)16(21)22)8-23-13-4-2-1-3-11(13)15(19)20/h1-7,16,21H,8H2,(H,17,18)(H,19,20). The Morgan fingerprint density at radius 2 is 1.78 bits per heavy atom. The van der Waals surface area contributed by atoms with Crippen LogP contribution in [0, 0.1) is 5.21 Å². The number of nitrogens with one attached hydrogen (secondary N) is 1. The van der Waals surface area contributed by atoms with E-state index in [1.807, 2.05) is 0 Å². The fraction of sp³-hybridized carbons (Fsp3) is 0.0667. The van der Waals surface area contributed by atoms with Crippen LogP contribution in [-0.4, -0.2) is 27.4 Å². The molecule has 0 amide bonds. The van der Waals surface area contributed by atoms with Crippen molar-refractivity contribution in [3.05, 3.63) is 64.4 Å². The Hall–Kier alpha value is -2.39. The lowest BCUT2D eigenvalue weighted by atomic mass is 10.1. The number of benzene rings is 2. The Morgan fingerprint density at radius 3 is 2.39 bits per heavy atom. The maximum absolute atomic E-state index is 11.3. The minimum atomic E-state index is -1.23. The van der Waals surface area contributed by atoms with Gasteiger partial charge in [0, 0.05) is 22.3 Å². The smallest absolute Gasteiger partial charge is 0.336 e. The number of aromatic carboxylic acids is 2. The van der Waals surface area contributed by atoms with Crippen LogP contribution in [0.2, 0.25) is 0 Å². The number of hydrogen-bond donors (Lipinski definition) is 4. The maximum Gasteiger partial charge on any atom is 0.336 e. The summed E-state index contributed by atoms with van der Waals surface area (Å²) in [5, 5.41) is 37.3. The zero-order valence-corrected chi connectivity index (χ0v) is 12.5. The highest BCUT2D eigenvalue weighted by Crippen LogP contribution is 2.28. The van der Waals surface area contributed by atoms with E-state index in [1.165, 1.54) is 30.0 Å². The molecule has 1 unspecified atom stereocenters. The van der Waals surface area contributed by atoms with Crippen LogP contribution in [0.1, 0.15) is 26.3 Å². The molecule has 0 radical (unpaired) electrons. The van der Waals surface area contributed by atoms with Crippen LogP contribution in [-0.2, 0) is 5.75 Å². The van der Waals surface area contributed by atoms with Gasteiger partial charge in [0.25, 0.3) is 0 Å². The number of hydrogen-bond acceptors (Lipinski definition) is 5. The van der Waals surface area contributed by atoms with Crippen LogP contribution in [0.5, 0.6) is 0 Å². The second-order valence-electron chi connectivity index (χ2n) is 4.57. The maximum atomic E-state index is 11.3. The van der Waals surface area contributed by atoms with Crippen molar-refractivity contribution in [3.8, 4) is 0 Å². The van der Waals surface area contributed by atoms with Gasteiger partial charge in [-0.05, 0) is 18.2 Å². The van der Waals surface area contributed by atoms with Gasteiger partial charge in [0.2, 0.25) is 0 Å². The van der Waals surface area contributed by atoms with E-state index in [-0.39, 0.29) is 22.6 Å². The van der Waals surface area contributed by atoms with Crippen LogP contribution in [0.15, 0.2) is 47.4 Å². The van der Waals surface area contributed by atoms with Crippen LogP contribution in [0.4, 0.5) is 5.69 Å². The van der Waals surface area contributed by atoms with E-state index in [4.69, 9.17) is 10.2 Å². The molecule has 7 nitrogen and oxygen atoms in total. The Bertz CT molecular complexity index is 746. The van der Waals surface area contributed by atoms with Gasteiger partial charge in [0.05, 0.1) is 11.1 Å². The summed E-state index contributed by atoms with van der Waals surface area (Å²) < 4.78 is 0. The highest BCUT2D eigenvalue weighted by atomic mass is 32.2. The van der Waals surface area contributed by atoms with Crippen molar-refractivity contribution in [1.29, 1.82) is 0 Å². The lowest BCUT2D eigenvalue weighted by molar-refractivity contribution is -0.991. The Labute approximate surface area is 135 Å². The second kappa shape index (κ2) is 7.25. The van der Waals surface area contributed by atoms with Crippen LogP contribution < -0.4 is 5.23 Å². The Morgan fingerprint density at radius 1 is 1.09 bits per heavy atom. The first-order chi connectivity index (χ1) is 10.9. The zero-order valence-electron chi connectivity index (χ0n) is 11.7. The lowest BCUT2D eigenvalue weighted by Crippen LogP contribution is -2.99. The first kappa shape index (κ1) is 17.0. The van der Waals surface area contributed by atoms with Crippen LogP contribution in [0.25, 0.3) is 0 Å². The molecule has 0 saturated heterocycles. The van der Waals surface area contributed by atoms with E-state index in [9.17, 15) is 20.0 Å². The van der Waals surface area contributed by atoms with Crippen molar-refractivity contribution >= 4 is 29.4 Å². The lowest BCUT2D eigenvalue weighted by Gasteiger charge is -2.16. The molecule has 0 aliphatic carbocycles. The number of carboxylic acids is 2. The minimum Gasteiger partial charge on any atom is -0.595 e. The van der Waals surface area contributed by atoms with Gasteiger partial charge in [0.1, 0.15) is 0 Å². The number of carbonyl (C=O) groups is 2. The van der Waals surface area contributed by atoms with E-state index >= 15 is 0 Å². The largest absolute Gasteiger partial charge is 0.595 e. The fourth-order valence-electron chi connectivity index (χ4n) is 1.96. The quantitative estimate of drug-likeness (QED) is 0.469. The van der Waals surface area contributed by atoms with Gasteiger partial charge in [-0.25, -0.2) is 14.8 Å². The number of quaternary nitrogens is 1. The van der Waals surface area contributed by atoms with E-state index in [0.717, 1.165) is 6.07 Å². The van der Waals surface area contributed by atoms with Crippen LogP contribution in [0.3, 0.4) is 0 Å². The molecule has 0 aliphatic heterocycles. The molecule has 120 valence electrons. The predicted molar refractivity (Wildman–Crippen MR) is 82.1 cm³/mol. The average molecular weight is 335 g/mol. The fourth-order valence-corrected chi connectivity index (χ4v) is 3.01. The molecule has 2 aromatic carbocycles. The summed E-state index contributed by atoms with van der Waals surface area (Å²) in [5.41, 5.74) is 0.344. The Kier molecular flexibility index (Phi) is 5.35. The van der Waals surface area contributed by atoms with E-state index in [1.54, 1.807) is 18.2 Å². The summed E-state index contributed by atoms with van der Waals surface area (Å²) in [5.74, 6) is -2.05. The van der Waals surface area contributed by atoms with Gasteiger partial charge < -0.3 is 15.4 Å². The first-order valence-electron chi connectivity index (χ1n) is 6.44. The monoisotopic (exact) mass is 335 g/mol. The molecule has 0 heterocycles. The van der Waals surface area contributed by atoms with Gasteiger partial charge in [-0.15, -0.1) is 11.8 Å². The van der Waals surface area contributed by atoms with Gasteiger partial charge in [-0.1, -0.05) is 18.2 Å². The number of rotatable bonds is 6. The van der Waals surface area contributed by atoms with Crippen molar-refractivity contribution in [2.75, 3.05) is 0 Å². The molecule has 2 aromatic rings. The molecular formula is C15H13NO6S. The van der Waals surface area contributed by atoms with Gasteiger partial charge in [-0.3, -0.25) is 0 Å². The predicted octanol–water partition coefficient (Wildman–Crippen LogP) is 1.78. The normalized spacial score (nSPS) is 11.9. The SMILES string of the molecule is O=C(O)c1ccc(CSc2ccccc2C(=O)O)c([NH+]([O-])O)c1. The first-order valence-corrected chi connectivity index (χ1v) is 7.43. The third kappa shape index (κ3) is 4.08. The molecule has 1 atom stereocenters. The van der Waals surface area contributed by atoms with Crippen LogP contribution >= 0.6 is 11.8 Å². The minimum absolute atomic E-state index is 0.106. The number of thioether (sulfide) groups is 1.